The molecule has 1 fully saturated rings. The summed E-state index contributed by atoms with van der Waals surface area (Å²) in [5, 5.41) is 4.05. The Morgan fingerprint density at radius 3 is 2.71 bits per heavy atom. The fraction of sp³-hybridized carbons (Fsp3) is 0.750. The van der Waals surface area contributed by atoms with Crippen LogP contribution in [0.2, 0.25) is 0 Å². The predicted octanol–water partition coefficient (Wildman–Crippen LogP) is 2.74. The summed E-state index contributed by atoms with van der Waals surface area (Å²) in [7, 11) is 0. The summed E-state index contributed by atoms with van der Waals surface area (Å²) in [6.07, 6.45) is 0.989. The molecule has 0 radical (unpaired) electrons. The fourth-order valence-electron chi connectivity index (χ4n) is 2.89. The van der Waals surface area contributed by atoms with Gasteiger partial charge in [0, 0.05) is 37.2 Å². The van der Waals surface area contributed by atoms with Crippen LogP contribution in [0.3, 0.4) is 0 Å². The van der Waals surface area contributed by atoms with E-state index in [1.807, 2.05) is 4.90 Å². The zero-order valence-corrected chi connectivity index (χ0v) is 13.8. The van der Waals surface area contributed by atoms with Gasteiger partial charge in [-0.05, 0) is 26.8 Å². The van der Waals surface area contributed by atoms with Crippen molar-refractivity contribution in [3.63, 3.8) is 0 Å². The second kappa shape index (κ2) is 6.60. The molecule has 1 aliphatic heterocycles. The van der Waals surface area contributed by atoms with Crippen LogP contribution in [-0.2, 0) is 0 Å². The summed E-state index contributed by atoms with van der Waals surface area (Å²) in [6.45, 7) is 13.3. The van der Waals surface area contributed by atoms with Gasteiger partial charge in [0.15, 0.2) is 0 Å². The zero-order chi connectivity index (χ0) is 15.6. The van der Waals surface area contributed by atoms with Crippen molar-refractivity contribution in [1.29, 1.82) is 0 Å². The molecule has 1 aromatic rings. The van der Waals surface area contributed by atoms with E-state index >= 15 is 0 Å². The number of amides is 1. The summed E-state index contributed by atoms with van der Waals surface area (Å²) in [5.74, 6) is 0.657. The average molecular weight is 293 g/mol. The minimum absolute atomic E-state index is 0.0350. The Hall–Kier alpha value is -1.36. The van der Waals surface area contributed by atoms with E-state index in [9.17, 15) is 4.79 Å². The Labute approximate surface area is 127 Å². The van der Waals surface area contributed by atoms with Gasteiger partial charge in [0.2, 0.25) is 5.76 Å². The molecule has 1 aromatic heterocycles. The van der Waals surface area contributed by atoms with Crippen LogP contribution in [-0.4, -0.2) is 52.6 Å². The number of carbonyl (C=O) groups is 1. The number of hydrogen-bond donors (Lipinski definition) is 0. The molecule has 1 amide bonds. The number of carbonyl (C=O) groups excluding carboxylic acids is 1. The third-order valence-corrected chi connectivity index (χ3v) is 4.64. The minimum atomic E-state index is -0.0350. The van der Waals surface area contributed by atoms with Gasteiger partial charge in [-0.1, -0.05) is 25.9 Å². The van der Waals surface area contributed by atoms with E-state index < -0.39 is 0 Å². The topological polar surface area (TPSA) is 49.6 Å². The van der Waals surface area contributed by atoms with Gasteiger partial charge in [-0.15, -0.1) is 0 Å². The van der Waals surface area contributed by atoms with Crippen LogP contribution in [0.15, 0.2) is 10.6 Å². The highest BCUT2D eigenvalue weighted by Crippen LogP contribution is 2.21. The molecule has 5 nitrogen and oxygen atoms in total. The first kappa shape index (κ1) is 16.0. The molecule has 1 aliphatic rings. The van der Waals surface area contributed by atoms with E-state index in [1.165, 1.54) is 0 Å². The van der Waals surface area contributed by atoms with Crippen LogP contribution >= 0.6 is 0 Å². The molecule has 5 heteroatoms. The van der Waals surface area contributed by atoms with Gasteiger partial charge in [0.1, 0.15) is 0 Å². The highest BCUT2D eigenvalue weighted by Gasteiger charge is 2.33. The number of piperazine rings is 1. The van der Waals surface area contributed by atoms with E-state index in [-0.39, 0.29) is 11.9 Å². The third kappa shape index (κ3) is 3.28. The number of rotatable bonds is 4. The molecule has 118 valence electrons. The smallest absolute Gasteiger partial charge is 0.292 e. The highest BCUT2D eigenvalue weighted by atomic mass is 16.5. The van der Waals surface area contributed by atoms with Gasteiger partial charge in [0.05, 0.1) is 5.69 Å². The molecule has 0 unspecified atom stereocenters. The monoisotopic (exact) mass is 293 g/mol. The maximum Gasteiger partial charge on any atom is 0.292 e. The van der Waals surface area contributed by atoms with Gasteiger partial charge in [-0.3, -0.25) is 9.69 Å². The Balaban J connectivity index is 2.11. The molecule has 21 heavy (non-hydrogen) atoms. The Morgan fingerprint density at radius 2 is 2.10 bits per heavy atom. The van der Waals surface area contributed by atoms with E-state index in [0.717, 1.165) is 31.7 Å². The van der Waals surface area contributed by atoms with Crippen LogP contribution in [0.4, 0.5) is 0 Å². The van der Waals surface area contributed by atoms with Crippen LogP contribution in [0.25, 0.3) is 0 Å². The van der Waals surface area contributed by atoms with Crippen molar-refractivity contribution in [2.75, 3.05) is 19.6 Å². The maximum absolute atomic E-state index is 12.6. The first-order valence-electron chi connectivity index (χ1n) is 7.99. The van der Waals surface area contributed by atoms with E-state index in [2.05, 4.69) is 44.7 Å². The first-order chi connectivity index (χ1) is 9.97. The fourth-order valence-corrected chi connectivity index (χ4v) is 2.89. The van der Waals surface area contributed by atoms with Gasteiger partial charge >= 0.3 is 0 Å². The Morgan fingerprint density at radius 1 is 1.38 bits per heavy atom. The van der Waals surface area contributed by atoms with E-state index in [4.69, 9.17) is 4.52 Å². The van der Waals surface area contributed by atoms with Crippen LogP contribution < -0.4 is 0 Å². The van der Waals surface area contributed by atoms with Crippen LogP contribution in [0, 0.1) is 0 Å². The average Bonchev–Trinajstić information content (AvgIpc) is 2.97. The second-order valence-electron chi connectivity index (χ2n) is 6.17. The number of hydrogen-bond acceptors (Lipinski definition) is 4. The molecule has 2 heterocycles. The van der Waals surface area contributed by atoms with Crippen molar-refractivity contribution in [2.24, 2.45) is 0 Å². The Bertz CT molecular complexity index is 486. The lowest BCUT2D eigenvalue weighted by molar-refractivity contribution is 0.0303. The number of aromatic nitrogens is 1. The summed E-state index contributed by atoms with van der Waals surface area (Å²) in [4.78, 5) is 17.0. The molecule has 0 saturated carbocycles. The highest BCUT2D eigenvalue weighted by molar-refractivity contribution is 5.91. The largest absolute Gasteiger partial charge is 0.351 e. The van der Waals surface area contributed by atoms with Gasteiger partial charge in [-0.2, -0.15) is 0 Å². The first-order valence-corrected chi connectivity index (χ1v) is 7.99. The lowest BCUT2D eigenvalue weighted by atomic mass is 10.0. The summed E-state index contributed by atoms with van der Waals surface area (Å²) in [6, 6.07) is 2.39. The van der Waals surface area contributed by atoms with Crippen molar-refractivity contribution in [1.82, 2.24) is 15.0 Å². The van der Waals surface area contributed by atoms with Crippen LogP contribution in [0.1, 0.15) is 63.2 Å². The van der Waals surface area contributed by atoms with E-state index in [1.54, 1.807) is 6.07 Å². The summed E-state index contributed by atoms with van der Waals surface area (Å²) >= 11 is 0. The molecule has 0 N–H and O–H groups in total. The molecule has 0 aliphatic carbocycles. The van der Waals surface area contributed by atoms with Crippen LogP contribution in [0.5, 0.6) is 0 Å². The summed E-state index contributed by atoms with van der Waals surface area (Å²) < 4.78 is 5.28. The quantitative estimate of drug-likeness (QED) is 0.856. The van der Waals surface area contributed by atoms with Crippen molar-refractivity contribution in [3.8, 4) is 0 Å². The molecule has 2 rings (SSSR count). The molecule has 1 saturated heterocycles. The van der Waals surface area contributed by atoms with Crippen molar-refractivity contribution in [2.45, 2.75) is 59.0 Å². The van der Waals surface area contributed by atoms with Gasteiger partial charge in [-0.25, -0.2) is 0 Å². The van der Waals surface area contributed by atoms with Crippen molar-refractivity contribution >= 4 is 5.91 Å². The molecule has 0 spiro atoms. The predicted molar refractivity (Wildman–Crippen MR) is 82.4 cm³/mol. The lowest BCUT2D eigenvalue weighted by Gasteiger charge is -2.43. The molecule has 3 atom stereocenters. The molecular weight excluding hydrogens is 266 g/mol. The number of likely N-dealkylation sites (N-methyl/N-ethyl adjacent to an activating group) is 1. The standard InChI is InChI=1S/C16H27N3O2/c1-6-11(3)14-8-15(21-17-14)16(20)19-10-12(4)18(7-2)9-13(19)5/h8,11-13H,6-7,9-10H2,1-5H3/t11-,12+,13-/m0/s1. The number of nitrogens with zero attached hydrogens (tertiary/aromatic N) is 3. The lowest BCUT2D eigenvalue weighted by Crippen LogP contribution is -2.57. The van der Waals surface area contributed by atoms with Gasteiger partial charge < -0.3 is 9.42 Å². The zero-order valence-electron chi connectivity index (χ0n) is 13.8. The molecule has 0 bridgehead atoms. The minimum Gasteiger partial charge on any atom is -0.351 e. The molecular formula is C16H27N3O2. The SMILES string of the molecule is CC[C@H](C)c1cc(C(=O)N2C[C@@H](C)N(CC)C[C@@H]2C)on1. The third-order valence-electron chi connectivity index (χ3n) is 4.64. The maximum atomic E-state index is 12.6. The van der Waals surface area contributed by atoms with E-state index in [0.29, 0.717) is 17.7 Å². The summed E-state index contributed by atoms with van der Waals surface area (Å²) in [5.41, 5.74) is 0.869. The second-order valence-corrected chi connectivity index (χ2v) is 6.17. The van der Waals surface area contributed by atoms with Crippen molar-refractivity contribution < 1.29 is 9.32 Å². The normalized spacial score (nSPS) is 25.1. The molecule has 0 aromatic carbocycles. The van der Waals surface area contributed by atoms with Crippen molar-refractivity contribution in [3.05, 3.63) is 17.5 Å². The van der Waals surface area contributed by atoms with Gasteiger partial charge in [0.25, 0.3) is 5.91 Å². The Kier molecular flexibility index (Phi) is 5.04.